The van der Waals surface area contributed by atoms with E-state index in [4.69, 9.17) is 16.7 Å². The van der Waals surface area contributed by atoms with Crippen molar-refractivity contribution in [2.45, 2.75) is 36.1 Å². The number of carbonyl (C=O) groups is 1. The Bertz CT molecular complexity index is 1550. The molecule has 0 saturated heterocycles. The number of benzene rings is 2. The van der Waals surface area contributed by atoms with Crippen molar-refractivity contribution >= 4 is 43.2 Å². The lowest BCUT2D eigenvalue weighted by atomic mass is 10.2. The highest BCUT2D eigenvalue weighted by atomic mass is 35.5. The highest BCUT2D eigenvalue weighted by molar-refractivity contribution is 7.89. The van der Waals surface area contributed by atoms with Crippen LogP contribution in [0.1, 0.15) is 24.1 Å². The molecule has 0 bridgehead atoms. The largest absolute Gasteiger partial charge is 0.324 e. The molecule has 1 amide bonds. The summed E-state index contributed by atoms with van der Waals surface area (Å²) in [6, 6.07) is 10.4. The molecule has 1 aromatic heterocycles. The Balaban J connectivity index is 1.69. The molecule has 1 atom stereocenters. The summed E-state index contributed by atoms with van der Waals surface area (Å²) in [5, 5.41) is 11.7. The van der Waals surface area contributed by atoms with E-state index in [1.807, 2.05) is 0 Å². The van der Waals surface area contributed by atoms with Crippen molar-refractivity contribution in [3.63, 3.8) is 0 Å². The maximum atomic E-state index is 12.9. The van der Waals surface area contributed by atoms with E-state index in [-0.39, 0.29) is 27.0 Å². The number of primary sulfonamides is 1. The van der Waals surface area contributed by atoms with Crippen molar-refractivity contribution in [1.82, 2.24) is 14.5 Å². The Morgan fingerprint density at radius 3 is 2.39 bits per heavy atom. The zero-order valence-electron chi connectivity index (χ0n) is 19.3. The van der Waals surface area contributed by atoms with Crippen LogP contribution in [-0.2, 0) is 31.3 Å². The van der Waals surface area contributed by atoms with E-state index in [1.165, 1.54) is 31.3 Å². The zero-order valence-corrected chi connectivity index (χ0v) is 21.7. The van der Waals surface area contributed by atoms with Crippen molar-refractivity contribution in [3.05, 3.63) is 81.2 Å². The lowest BCUT2D eigenvalue weighted by molar-refractivity contribution is -0.119. The molecule has 0 aliphatic rings. The molecule has 0 fully saturated rings. The highest BCUT2D eigenvalue weighted by Gasteiger charge is 2.21. The number of rotatable bonds is 9. The lowest BCUT2D eigenvalue weighted by Crippen LogP contribution is -2.33. The summed E-state index contributed by atoms with van der Waals surface area (Å²) in [5.74, 6) is -0.574. The topological polar surface area (TPSA) is 170 Å². The molecule has 0 aliphatic carbocycles. The van der Waals surface area contributed by atoms with Gasteiger partial charge in [0.05, 0.1) is 21.0 Å². The molecule has 4 N–H and O–H groups in total. The van der Waals surface area contributed by atoms with Crippen LogP contribution >= 0.6 is 11.6 Å². The Morgan fingerprint density at radius 1 is 1.11 bits per heavy atom. The van der Waals surface area contributed by atoms with Gasteiger partial charge in [0.1, 0.15) is 6.04 Å². The second-order valence-electron chi connectivity index (χ2n) is 7.94. The summed E-state index contributed by atoms with van der Waals surface area (Å²) in [4.78, 5) is 24.6. The SMILES string of the molecule is Cc1ccc(NC(=O)[C@H](C)n2ncc(Cl)cc2=O)cc1S(=O)(=O)NCCc1ccc(S(N)(=O)=O)cc1. The number of halogens is 1. The fraction of sp³-hybridized carbons (Fsp3) is 0.227. The van der Waals surface area contributed by atoms with Gasteiger partial charge >= 0.3 is 0 Å². The molecule has 0 aliphatic heterocycles. The average molecular weight is 554 g/mol. The van der Waals surface area contributed by atoms with Gasteiger partial charge in [0, 0.05) is 18.3 Å². The molecular weight excluding hydrogens is 530 g/mol. The summed E-state index contributed by atoms with van der Waals surface area (Å²) in [6.45, 7) is 3.14. The monoisotopic (exact) mass is 553 g/mol. The number of aromatic nitrogens is 2. The maximum absolute atomic E-state index is 12.9. The highest BCUT2D eigenvalue weighted by Crippen LogP contribution is 2.21. The van der Waals surface area contributed by atoms with E-state index in [0.717, 1.165) is 10.7 Å². The Morgan fingerprint density at radius 2 is 1.78 bits per heavy atom. The molecule has 0 unspecified atom stereocenters. The quantitative estimate of drug-likeness (QED) is 0.361. The molecular formula is C22H24ClN5O6S2. The minimum absolute atomic E-state index is 0.0284. The van der Waals surface area contributed by atoms with Gasteiger partial charge in [-0.05, 0) is 55.7 Å². The van der Waals surface area contributed by atoms with E-state index in [9.17, 15) is 26.4 Å². The summed E-state index contributed by atoms with van der Waals surface area (Å²) in [6.07, 6.45) is 1.55. The number of nitrogens with zero attached hydrogens (tertiary/aromatic N) is 2. The van der Waals surface area contributed by atoms with Gasteiger partial charge in [-0.2, -0.15) is 5.10 Å². The van der Waals surface area contributed by atoms with Crippen LogP contribution in [0.25, 0.3) is 0 Å². The summed E-state index contributed by atoms with van der Waals surface area (Å²) >= 11 is 5.73. The van der Waals surface area contributed by atoms with E-state index in [2.05, 4.69) is 15.1 Å². The van der Waals surface area contributed by atoms with Crippen molar-refractivity contribution < 1.29 is 21.6 Å². The molecule has 0 radical (unpaired) electrons. The van der Waals surface area contributed by atoms with Crippen LogP contribution in [0.3, 0.4) is 0 Å². The van der Waals surface area contributed by atoms with Crippen LogP contribution in [0.15, 0.2) is 69.3 Å². The first-order valence-electron chi connectivity index (χ1n) is 10.6. The molecule has 3 rings (SSSR count). The van der Waals surface area contributed by atoms with Gasteiger partial charge in [-0.3, -0.25) is 9.59 Å². The number of anilines is 1. The minimum atomic E-state index is -3.93. The van der Waals surface area contributed by atoms with Crippen molar-refractivity contribution in [2.75, 3.05) is 11.9 Å². The summed E-state index contributed by atoms with van der Waals surface area (Å²) in [7, 11) is -7.74. The van der Waals surface area contributed by atoms with Crippen LogP contribution in [-0.4, -0.2) is 39.1 Å². The number of amides is 1. The minimum Gasteiger partial charge on any atom is -0.324 e. The first-order chi connectivity index (χ1) is 16.8. The van der Waals surface area contributed by atoms with Crippen molar-refractivity contribution in [1.29, 1.82) is 0 Å². The van der Waals surface area contributed by atoms with Crippen molar-refractivity contribution in [2.24, 2.45) is 5.14 Å². The fourth-order valence-electron chi connectivity index (χ4n) is 3.26. The van der Waals surface area contributed by atoms with Crippen LogP contribution < -0.4 is 20.7 Å². The van der Waals surface area contributed by atoms with Gasteiger partial charge in [-0.1, -0.05) is 29.8 Å². The zero-order chi connectivity index (χ0) is 26.7. The number of nitrogens with two attached hydrogens (primary N) is 1. The van der Waals surface area contributed by atoms with Gasteiger partial charge in [0.2, 0.25) is 26.0 Å². The summed E-state index contributed by atoms with van der Waals surface area (Å²) < 4.78 is 52.0. The van der Waals surface area contributed by atoms with Gasteiger partial charge < -0.3 is 5.32 Å². The third-order valence-electron chi connectivity index (χ3n) is 5.24. The van der Waals surface area contributed by atoms with Gasteiger partial charge in [-0.25, -0.2) is 31.4 Å². The molecule has 2 aromatic carbocycles. The van der Waals surface area contributed by atoms with E-state index in [0.29, 0.717) is 17.5 Å². The number of nitrogens with one attached hydrogen (secondary N) is 2. The smallest absolute Gasteiger partial charge is 0.268 e. The third kappa shape index (κ3) is 6.77. The number of sulfonamides is 2. The van der Waals surface area contributed by atoms with Crippen molar-refractivity contribution in [3.8, 4) is 0 Å². The standard InChI is InChI=1S/C22H24ClN5O6S2/c1-14-3-6-18(27-22(30)15(2)28-21(29)11-17(23)13-25-28)12-20(14)36(33,34)26-10-9-16-4-7-19(8-5-16)35(24,31)32/h3-8,11-13,15,26H,9-10H2,1-2H3,(H,27,30)(H2,24,31,32)/t15-/m0/s1. The lowest BCUT2D eigenvalue weighted by Gasteiger charge is -2.15. The second kappa shape index (κ2) is 10.9. The first kappa shape index (κ1) is 27.5. The predicted octanol–water partition coefficient (Wildman–Crippen LogP) is 1.57. The van der Waals surface area contributed by atoms with Gasteiger partial charge in [-0.15, -0.1) is 0 Å². The molecule has 0 saturated carbocycles. The number of carbonyl (C=O) groups excluding carboxylic acids is 1. The molecule has 14 heteroatoms. The molecule has 192 valence electrons. The Kier molecular flexibility index (Phi) is 8.31. The number of aryl methyl sites for hydroxylation is 1. The molecule has 3 aromatic rings. The summed E-state index contributed by atoms with van der Waals surface area (Å²) in [5.41, 5.74) is 0.837. The number of hydrogen-bond acceptors (Lipinski definition) is 7. The Hall–Kier alpha value is -3.10. The van der Waals surface area contributed by atoms with E-state index >= 15 is 0 Å². The third-order valence-corrected chi connectivity index (χ3v) is 7.98. The normalized spacial score (nSPS) is 12.8. The molecule has 0 spiro atoms. The van der Waals surface area contributed by atoms with Crippen LogP contribution in [0.5, 0.6) is 0 Å². The first-order valence-corrected chi connectivity index (χ1v) is 14.0. The molecule has 11 nitrogen and oxygen atoms in total. The molecule has 36 heavy (non-hydrogen) atoms. The predicted molar refractivity (Wildman–Crippen MR) is 135 cm³/mol. The maximum Gasteiger partial charge on any atom is 0.268 e. The van der Waals surface area contributed by atoms with E-state index in [1.54, 1.807) is 31.2 Å². The van der Waals surface area contributed by atoms with Crippen LogP contribution in [0.4, 0.5) is 5.69 Å². The van der Waals surface area contributed by atoms with Gasteiger partial charge in [0.15, 0.2) is 0 Å². The van der Waals surface area contributed by atoms with Gasteiger partial charge in [0.25, 0.3) is 5.56 Å². The van der Waals surface area contributed by atoms with Crippen LogP contribution in [0, 0.1) is 6.92 Å². The number of hydrogen-bond donors (Lipinski definition) is 3. The van der Waals surface area contributed by atoms with Crippen LogP contribution in [0.2, 0.25) is 5.02 Å². The molecule has 1 heterocycles. The van der Waals surface area contributed by atoms with E-state index < -0.39 is 37.6 Å². The second-order valence-corrected chi connectivity index (χ2v) is 11.7. The Labute approximate surface area is 213 Å². The average Bonchev–Trinajstić information content (AvgIpc) is 2.79. The fourth-order valence-corrected chi connectivity index (χ4v) is 5.22.